The van der Waals surface area contributed by atoms with Crippen molar-refractivity contribution in [2.75, 3.05) is 11.1 Å². The maximum Gasteiger partial charge on any atom is 0.143 e. The van der Waals surface area contributed by atoms with E-state index in [1.807, 2.05) is 0 Å². The van der Waals surface area contributed by atoms with Gasteiger partial charge in [-0.15, -0.1) is 0 Å². The van der Waals surface area contributed by atoms with Crippen LogP contribution in [0.25, 0.3) is 0 Å². The van der Waals surface area contributed by atoms with Crippen LogP contribution in [0.15, 0.2) is 29.0 Å². The molecule has 0 radical (unpaired) electrons. The lowest BCUT2D eigenvalue weighted by Crippen LogP contribution is -2.03. The van der Waals surface area contributed by atoms with Gasteiger partial charge in [0.1, 0.15) is 17.8 Å². The van der Waals surface area contributed by atoms with Crippen molar-refractivity contribution in [3.05, 3.63) is 41.0 Å². The van der Waals surface area contributed by atoms with Gasteiger partial charge in [-0.05, 0) is 6.07 Å². The second kappa shape index (κ2) is 4.40. The number of nitrogens with zero attached hydrogens (tertiary/aromatic N) is 1. The monoisotopic (exact) mass is 241 g/mol. The van der Waals surface area contributed by atoms with Crippen LogP contribution in [0.1, 0.15) is 5.69 Å². The number of hydrogen-bond acceptors (Lipinski definition) is 4. The molecular weight excluding hydrogens is 233 g/mol. The van der Waals surface area contributed by atoms with Gasteiger partial charge >= 0.3 is 0 Å². The molecule has 2 rings (SSSR count). The summed E-state index contributed by atoms with van der Waals surface area (Å²) in [7, 11) is 0. The number of halogens is 2. The Morgan fingerprint density at radius 2 is 2.31 bits per heavy atom. The summed E-state index contributed by atoms with van der Waals surface area (Å²) in [5.74, 6) is -0.536. The standard InChI is InChI=1S/C10H9ClFN3O/c11-7-3-10(9(13)4-8(7)12)14-5-6-1-2-16-15-6/h1-4,14H,5,13H2. The van der Waals surface area contributed by atoms with Gasteiger partial charge in [0.2, 0.25) is 0 Å². The van der Waals surface area contributed by atoms with Crippen LogP contribution >= 0.6 is 11.6 Å². The molecule has 0 aliphatic rings. The van der Waals surface area contributed by atoms with Gasteiger partial charge in [-0.25, -0.2) is 4.39 Å². The van der Waals surface area contributed by atoms with E-state index in [-0.39, 0.29) is 5.02 Å². The predicted molar refractivity (Wildman–Crippen MR) is 59.7 cm³/mol. The zero-order valence-corrected chi connectivity index (χ0v) is 8.96. The topological polar surface area (TPSA) is 64.1 Å². The average molecular weight is 242 g/mol. The highest BCUT2D eigenvalue weighted by atomic mass is 35.5. The summed E-state index contributed by atoms with van der Waals surface area (Å²) in [6.45, 7) is 0.433. The van der Waals surface area contributed by atoms with Crippen molar-refractivity contribution in [3.8, 4) is 0 Å². The van der Waals surface area contributed by atoms with Crippen LogP contribution < -0.4 is 11.1 Å². The van der Waals surface area contributed by atoms with Crippen molar-refractivity contribution in [3.63, 3.8) is 0 Å². The maximum absolute atomic E-state index is 13.0. The van der Waals surface area contributed by atoms with Gasteiger partial charge in [0.15, 0.2) is 0 Å². The Morgan fingerprint density at radius 3 is 3.00 bits per heavy atom. The first-order valence-electron chi connectivity index (χ1n) is 4.54. The van der Waals surface area contributed by atoms with Crippen molar-refractivity contribution in [2.45, 2.75) is 6.54 Å². The molecule has 0 atom stereocenters. The Balaban J connectivity index is 2.12. The SMILES string of the molecule is Nc1cc(F)c(Cl)cc1NCc1ccon1. The molecule has 0 bridgehead atoms. The third kappa shape index (κ3) is 2.25. The first-order valence-corrected chi connectivity index (χ1v) is 4.92. The summed E-state index contributed by atoms with van der Waals surface area (Å²) in [5.41, 5.74) is 7.21. The van der Waals surface area contributed by atoms with Gasteiger partial charge in [0.05, 0.1) is 22.9 Å². The largest absolute Gasteiger partial charge is 0.397 e. The fraction of sp³-hybridized carbons (Fsp3) is 0.100. The zero-order chi connectivity index (χ0) is 11.5. The third-order valence-electron chi connectivity index (χ3n) is 2.04. The summed E-state index contributed by atoms with van der Waals surface area (Å²) in [5, 5.41) is 6.73. The van der Waals surface area contributed by atoms with E-state index in [2.05, 4.69) is 15.0 Å². The van der Waals surface area contributed by atoms with Gasteiger partial charge in [0, 0.05) is 12.1 Å². The molecule has 0 saturated carbocycles. The van der Waals surface area contributed by atoms with Crippen molar-refractivity contribution >= 4 is 23.0 Å². The van der Waals surface area contributed by atoms with Crippen molar-refractivity contribution in [1.29, 1.82) is 0 Å². The molecule has 0 spiro atoms. The molecule has 0 aliphatic heterocycles. The molecule has 84 valence electrons. The summed E-state index contributed by atoms with van der Waals surface area (Å²) < 4.78 is 17.7. The van der Waals surface area contributed by atoms with Crippen LogP contribution in [0.5, 0.6) is 0 Å². The van der Waals surface area contributed by atoms with E-state index >= 15 is 0 Å². The van der Waals surface area contributed by atoms with E-state index in [9.17, 15) is 4.39 Å². The Bertz CT molecular complexity index is 487. The Kier molecular flexibility index (Phi) is 2.96. The van der Waals surface area contributed by atoms with E-state index in [1.54, 1.807) is 6.07 Å². The van der Waals surface area contributed by atoms with Gasteiger partial charge in [-0.2, -0.15) is 0 Å². The fourth-order valence-corrected chi connectivity index (χ4v) is 1.39. The lowest BCUT2D eigenvalue weighted by molar-refractivity contribution is 0.412. The molecule has 1 aromatic heterocycles. The number of hydrogen-bond donors (Lipinski definition) is 2. The highest BCUT2D eigenvalue weighted by Gasteiger charge is 2.06. The second-order valence-corrected chi connectivity index (χ2v) is 3.61. The first kappa shape index (κ1) is 10.8. The summed E-state index contributed by atoms with van der Waals surface area (Å²) in [6, 6.07) is 4.33. The highest BCUT2D eigenvalue weighted by Crippen LogP contribution is 2.26. The number of anilines is 2. The number of rotatable bonds is 3. The molecule has 1 heterocycles. The fourth-order valence-electron chi connectivity index (χ4n) is 1.23. The lowest BCUT2D eigenvalue weighted by atomic mass is 10.2. The van der Waals surface area contributed by atoms with E-state index in [0.717, 1.165) is 5.69 Å². The molecule has 0 amide bonds. The quantitative estimate of drug-likeness (QED) is 0.811. The second-order valence-electron chi connectivity index (χ2n) is 3.20. The molecule has 0 saturated heterocycles. The average Bonchev–Trinajstić information content (AvgIpc) is 2.74. The van der Waals surface area contributed by atoms with Gasteiger partial charge in [-0.3, -0.25) is 0 Å². The highest BCUT2D eigenvalue weighted by molar-refractivity contribution is 6.31. The van der Waals surface area contributed by atoms with Crippen LogP contribution in [0.3, 0.4) is 0 Å². The molecule has 1 aromatic carbocycles. The molecule has 0 unspecified atom stereocenters. The van der Waals surface area contributed by atoms with Crippen molar-refractivity contribution < 1.29 is 8.91 Å². The maximum atomic E-state index is 13.0. The van der Waals surface area contributed by atoms with E-state index < -0.39 is 5.82 Å². The minimum absolute atomic E-state index is 0.0249. The Hall–Kier alpha value is -1.75. The lowest BCUT2D eigenvalue weighted by Gasteiger charge is -2.08. The van der Waals surface area contributed by atoms with Crippen LogP contribution in [-0.2, 0) is 6.54 Å². The molecule has 4 nitrogen and oxygen atoms in total. The van der Waals surface area contributed by atoms with Crippen molar-refractivity contribution in [2.24, 2.45) is 0 Å². The van der Waals surface area contributed by atoms with E-state index in [0.29, 0.717) is 17.9 Å². The zero-order valence-electron chi connectivity index (χ0n) is 8.21. The third-order valence-corrected chi connectivity index (χ3v) is 2.33. The first-order chi connectivity index (χ1) is 7.66. The van der Waals surface area contributed by atoms with Crippen LogP contribution in [0, 0.1) is 5.82 Å². The number of nitrogens with two attached hydrogens (primary N) is 1. The minimum atomic E-state index is -0.536. The molecule has 3 N–H and O–H groups in total. The molecular formula is C10H9ClFN3O. The summed E-state index contributed by atoms with van der Waals surface area (Å²) in [4.78, 5) is 0. The normalized spacial score (nSPS) is 10.4. The number of aromatic nitrogens is 1. The number of benzene rings is 1. The smallest absolute Gasteiger partial charge is 0.143 e. The molecule has 6 heteroatoms. The minimum Gasteiger partial charge on any atom is -0.397 e. The van der Waals surface area contributed by atoms with Crippen LogP contribution in [-0.4, -0.2) is 5.16 Å². The van der Waals surface area contributed by atoms with Gasteiger partial charge in [-0.1, -0.05) is 16.8 Å². The predicted octanol–water partition coefficient (Wildman–Crippen LogP) is 2.66. The summed E-state index contributed by atoms with van der Waals surface area (Å²) >= 11 is 5.64. The molecule has 0 aliphatic carbocycles. The Morgan fingerprint density at radius 1 is 1.50 bits per heavy atom. The van der Waals surface area contributed by atoms with Crippen molar-refractivity contribution in [1.82, 2.24) is 5.16 Å². The van der Waals surface area contributed by atoms with E-state index in [1.165, 1.54) is 18.4 Å². The molecule has 16 heavy (non-hydrogen) atoms. The van der Waals surface area contributed by atoms with Gasteiger partial charge < -0.3 is 15.6 Å². The molecule has 0 fully saturated rings. The number of nitrogens with one attached hydrogen (secondary N) is 1. The molecule has 2 aromatic rings. The van der Waals surface area contributed by atoms with Crippen LogP contribution in [0.4, 0.5) is 15.8 Å². The number of nitrogen functional groups attached to an aromatic ring is 1. The van der Waals surface area contributed by atoms with Gasteiger partial charge in [0.25, 0.3) is 0 Å². The van der Waals surface area contributed by atoms with E-state index in [4.69, 9.17) is 17.3 Å². The van der Waals surface area contributed by atoms with Crippen LogP contribution in [0.2, 0.25) is 5.02 Å². The Labute approximate surface area is 96.2 Å². The summed E-state index contributed by atoms with van der Waals surface area (Å²) in [6.07, 6.45) is 1.47.